The summed E-state index contributed by atoms with van der Waals surface area (Å²) in [6, 6.07) is 3.33. The van der Waals surface area contributed by atoms with Crippen molar-refractivity contribution in [2.75, 3.05) is 11.9 Å². The van der Waals surface area contributed by atoms with Crippen molar-refractivity contribution in [1.82, 2.24) is 9.55 Å². The highest BCUT2D eigenvalue weighted by Gasteiger charge is 2.44. The minimum Gasteiger partial charge on any atom is -0.394 e. The van der Waals surface area contributed by atoms with Crippen LogP contribution in [0.3, 0.4) is 0 Å². The Labute approximate surface area is 148 Å². The molecule has 2 aromatic rings. The van der Waals surface area contributed by atoms with Crippen LogP contribution < -0.4 is 5.32 Å². The van der Waals surface area contributed by atoms with Crippen LogP contribution in [0.5, 0.6) is 0 Å². The summed E-state index contributed by atoms with van der Waals surface area (Å²) in [7, 11) is 0. The van der Waals surface area contributed by atoms with E-state index in [-0.39, 0.29) is 6.04 Å². The van der Waals surface area contributed by atoms with Crippen molar-refractivity contribution < 1.29 is 20.1 Å². The third-order valence-electron chi connectivity index (χ3n) is 3.92. The Bertz CT molecular complexity index is 752. The molecule has 0 saturated carbocycles. The minimum atomic E-state index is -1.22. The molecule has 1 aromatic carbocycles. The molecule has 1 unspecified atom stereocenters. The number of nitrogens with one attached hydrogen (secondary N) is 1. The van der Waals surface area contributed by atoms with Gasteiger partial charge >= 0.3 is 0 Å². The van der Waals surface area contributed by atoms with Crippen LogP contribution in [0.4, 0.5) is 5.95 Å². The van der Waals surface area contributed by atoms with Crippen LogP contribution >= 0.6 is 23.2 Å². The van der Waals surface area contributed by atoms with Crippen LogP contribution in [0.1, 0.15) is 20.1 Å². The van der Waals surface area contributed by atoms with Crippen molar-refractivity contribution in [1.29, 1.82) is 0 Å². The van der Waals surface area contributed by atoms with Crippen LogP contribution in [-0.4, -0.2) is 55.8 Å². The number of ether oxygens (including phenoxy) is 1. The van der Waals surface area contributed by atoms with E-state index in [0.717, 1.165) is 0 Å². The summed E-state index contributed by atoms with van der Waals surface area (Å²) in [5, 5.41) is 33.6. The lowest BCUT2D eigenvalue weighted by Crippen LogP contribution is -2.33. The van der Waals surface area contributed by atoms with Crippen molar-refractivity contribution in [3.8, 4) is 0 Å². The zero-order chi connectivity index (χ0) is 17.6. The third-order valence-corrected chi connectivity index (χ3v) is 4.64. The monoisotopic (exact) mass is 375 g/mol. The molecule has 1 aliphatic heterocycles. The molecule has 1 saturated heterocycles. The van der Waals surface area contributed by atoms with E-state index in [1.165, 1.54) is 0 Å². The summed E-state index contributed by atoms with van der Waals surface area (Å²) in [4.78, 5) is 4.48. The minimum absolute atomic E-state index is 0.0728. The summed E-state index contributed by atoms with van der Waals surface area (Å²) in [5.41, 5.74) is 1.17. The van der Waals surface area contributed by atoms with Gasteiger partial charge in [0.25, 0.3) is 0 Å². The zero-order valence-corrected chi connectivity index (χ0v) is 14.7. The summed E-state index contributed by atoms with van der Waals surface area (Å²) < 4.78 is 7.26. The van der Waals surface area contributed by atoms with E-state index in [1.807, 2.05) is 13.8 Å². The Balaban J connectivity index is 2.15. The average Bonchev–Trinajstić information content (AvgIpc) is 2.97. The lowest BCUT2D eigenvalue weighted by atomic mass is 10.1. The molecule has 0 bridgehead atoms. The molecule has 2 heterocycles. The van der Waals surface area contributed by atoms with Gasteiger partial charge in [-0.3, -0.25) is 4.57 Å². The summed E-state index contributed by atoms with van der Waals surface area (Å²) in [6.07, 6.45) is -4.22. The second-order valence-electron chi connectivity index (χ2n) is 6.09. The van der Waals surface area contributed by atoms with Gasteiger partial charge in [-0.05, 0) is 26.0 Å². The summed E-state index contributed by atoms with van der Waals surface area (Å²) in [5.74, 6) is 0.452. The van der Waals surface area contributed by atoms with Crippen LogP contribution in [0.25, 0.3) is 11.0 Å². The standard InChI is InChI=1S/C15H19Cl2N3O4/c1-6(2)18-15-19-9-3-7(16)8(17)4-10(9)20(15)14-13(23)12(22)11(5-21)24-14/h3-4,6,11-14,21-23H,5H2,1-2H3,(H,18,19)/t11-,12+,13+,14?/m1/s1. The van der Waals surface area contributed by atoms with Crippen molar-refractivity contribution in [3.63, 3.8) is 0 Å². The van der Waals surface area contributed by atoms with Crippen LogP contribution in [-0.2, 0) is 4.74 Å². The molecule has 1 aromatic heterocycles. The van der Waals surface area contributed by atoms with E-state index < -0.39 is 31.1 Å². The number of hydrogen-bond donors (Lipinski definition) is 4. The van der Waals surface area contributed by atoms with Gasteiger partial charge < -0.3 is 25.4 Å². The van der Waals surface area contributed by atoms with E-state index in [2.05, 4.69) is 10.3 Å². The van der Waals surface area contributed by atoms with Gasteiger partial charge in [-0.1, -0.05) is 23.2 Å². The SMILES string of the molecule is CC(C)Nc1nc2cc(Cl)c(Cl)cc2n1C1O[C@H](CO)[C@H](O)[C@@H]1O. The van der Waals surface area contributed by atoms with Crippen LogP contribution in [0, 0.1) is 0 Å². The van der Waals surface area contributed by atoms with Crippen LogP contribution in [0.2, 0.25) is 10.0 Å². The van der Waals surface area contributed by atoms with E-state index in [0.29, 0.717) is 27.0 Å². The molecular weight excluding hydrogens is 357 g/mol. The molecule has 0 amide bonds. The molecule has 24 heavy (non-hydrogen) atoms. The van der Waals surface area contributed by atoms with Crippen molar-refractivity contribution in [2.45, 2.75) is 44.4 Å². The maximum atomic E-state index is 10.4. The van der Waals surface area contributed by atoms with Gasteiger partial charge in [0.1, 0.15) is 18.3 Å². The number of aromatic nitrogens is 2. The summed E-state index contributed by atoms with van der Waals surface area (Å²) in [6.45, 7) is 3.49. The van der Waals surface area contributed by atoms with Gasteiger partial charge in [-0.25, -0.2) is 4.98 Å². The molecule has 7 nitrogen and oxygen atoms in total. The Hall–Kier alpha value is -1.09. The number of halogens is 2. The molecule has 9 heteroatoms. The van der Waals surface area contributed by atoms with Crippen molar-refractivity contribution >= 4 is 40.2 Å². The first-order chi connectivity index (χ1) is 11.3. The highest BCUT2D eigenvalue weighted by molar-refractivity contribution is 6.42. The fourth-order valence-corrected chi connectivity index (χ4v) is 3.12. The first-order valence-corrected chi connectivity index (χ1v) is 8.35. The number of rotatable bonds is 4. The number of hydrogen-bond acceptors (Lipinski definition) is 6. The number of aliphatic hydroxyl groups is 3. The van der Waals surface area contributed by atoms with Crippen LogP contribution in [0.15, 0.2) is 12.1 Å². The topological polar surface area (TPSA) is 99.8 Å². The molecule has 4 atom stereocenters. The molecule has 4 N–H and O–H groups in total. The molecule has 0 spiro atoms. The number of imidazole rings is 1. The largest absolute Gasteiger partial charge is 0.394 e. The highest BCUT2D eigenvalue weighted by Crippen LogP contribution is 2.37. The predicted octanol–water partition coefficient (Wildman–Crippen LogP) is 1.77. The fourth-order valence-electron chi connectivity index (χ4n) is 2.80. The first-order valence-electron chi connectivity index (χ1n) is 7.59. The zero-order valence-electron chi connectivity index (χ0n) is 13.1. The number of fused-ring (bicyclic) bond motifs is 1. The first kappa shape index (κ1) is 17.7. The Morgan fingerprint density at radius 3 is 2.50 bits per heavy atom. The second-order valence-corrected chi connectivity index (χ2v) is 6.90. The number of aliphatic hydroxyl groups excluding tert-OH is 3. The maximum absolute atomic E-state index is 10.4. The van der Waals surface area contributed by atoms with Gasteiger partial charge in [0.15, 0.2) is 6.23 Å². The van der Waals surface area contributed by atoms with Gasteiger partial charge in [-0.15, -0.1) is 0 Å². The quantitative estimate of drug-likeness (QED) is 0.649. The number of anilines is 1. The van der Waals surface area contributed by atoms with Gasteiger partial charge in [0.2, 0.25) is 5.95 Å². The Kier molecular flexibility index (Phi) is 4.92. The molecular formula is C15H19Cl2N3O4. The number of benzene rings is 1. The molecule has 1 fully saturated rings. The fraction of sp³-hybridized carbons (Fsp3) is 0.533. The Morgan fingerprint density at radius 2 is 1.92 bits per heavy atom. The maximum Gasteiger partial charge on any atom is 0.206 e. The van der Waals surface area contributed by atoms with Gasteiger partial charge in [0.05, 0.1) is 27.7 Å². The third kappa shape index (κ3) is 2.96. The highest BCUT2D eigenvalue weighted by atomic mass is 35.5. The number of nitrogens with zero attached hydrogens (tertiary/aromatic N) is 2. The van der Waals surface area contributed by atoms with E-state index in [1.54, 1.807) is 16.7 Å². The van der Waals surface area contributed by atoms with E-state index >= 15 is 0 Å². The smallest absolute Gasteiger partial charge is 0.206 e. The lowest BCUT2D eigenvalue weighted by Gasteiger charge is -2.21. The molecule has 0 radical (unpaired) electrons. The average molecular weight is 376 g/mol. The van der Waals surface area contributed by atoms with E-state index in [4.69, 9.17) is 27.9 Å². The van der Waals surface area contributed by atoms with Crippen molar-refractivity contribution in [2.24, 2.45) is 0 Å². The van der Waals surface area contributed by atoms with Gasteiger partial charge in [-0.2, -0.15) is 0 Å². The normalized spacial score (nSPS) is 27.3. The molecule has 1 aliphatic rings. The summed E-state index contributed by atoms with van der Waals surface area (Å²) >= 11 is 12.2. The second kappa shape index (κ2) is 6.67. The molecule has 0 aliphatic carbocycles. The predicted molar refractivity (Wildman–Crippen MR) is 91.5 cm³/mol. The van der Waals surface area contributed by atoms with Crippen molar-refractivity contribution in [3.05, 3.63) is 22.2 Å². The lowest BCUT2D eigenvalue weighted by molar-refractivity contribution is -0.0499. The Morgan fingerprint density at radius 1 is 1.25 bits per heavy atom. The van der Waals surface area contributed by atoms with Gasteiger partial charge in [0, 0.05) is 6.04 Å². The molecule has 132 valence electrons. The van der Waals surface area contributed by atoms with E-state index in [9.17, 15) is 15.3 Å². The molecule has 3 rings (SSSR count).